The third-order valence-electron chi connectivity index (χ3n) is 2.82. The van der Waals surface area contributed by atoms with Crippen LogP contribution in [0.15, 0.2) is 0 Å². The summed E-state index contributed by atoms with van der Waals surface area (Å²) in [5, 5.41) is 5.03. The predicted molar refractivity (Wildman–Crippen MR) is 80.4 cm³/mol. The second kappa shape index (κ2) is 10.3. The van der Waals surface area contributed by atoms with E-state index in [0.29, 0.717) is 12.8 Å². The van der Waals surface area contributed by atoms with E-state index in [1.165, 1.54) is 7.11 Å². The van der Waals surface area contributed by atoms with Crippen LogP contribution < -0.4 is 10.6 Å². The van der Waals surface area contributed by atoms with Crippen LogP contribution in [0.5, 0.6) is 0 Å². The maximum Gasteiger partial charge on any atom is 0.305 e. The van der Waals surface area contributed by atoms with E-state index in [0.717, 1.165) is 0 Å². The summed E-state index contributed by atoms with van der Waals surface area (Å²) in [6.07, 6.45) is 1.59. The van der Waals surface area contributed by atoms with Gasteiger partial charge >= 0.3 is 5.97 Å². The van der Waals surface area contributed by atoms with Crippen LogP contribution in [0.2, 0.25) is 0 Å². The van der Waals surface area contributed by atoms with Gasteiger partial charge in [-0.2, -0.15) is 0 Å². The summed E-state index contributed by atoms with van der Waals surface area (Å²) in [6.45, 7) is 3.11. The first-order chi connectivity index (χ1) is 9.77. The number of methoxy groups -OCH3 is 1. The van der Waals surface area contributed by atoms with Gasteiger partial charge in [0.1, 0.15) is 6.04 Å². The van der Waals surface area contributed by atoms with Crippen molar-refractivity contribution in [3.63, 3.8) is 0 Å². The Morgan fingerprint density at radius 3 is 2.10 bits per heavy atom. The fourth-order valence-corrected chi connectivity index (χ4v) is 1.53. The molecule has 0 fully saturated rings. The van der Waals surface area contributed by atoms with Gasteiger partial charge in [0, 0.05) is 12.8 Å². The van der Waals surface area contributed by atoms with Gasteiger partial charge in [-0.3, -0.25) is 19.2 Å². The minimum Gasteiger partial charge on any atom is -0.469 e. The van der Waals surface area contributed by atoms with E-state index in [1.807, 2.05) is 9.24 Å². The molecule has 0 aliphatic rings. The Morgan fingerprint density at radius 1 is 1.00 bits per heavy atom. The van der Waals surface area contributed by atoms with Crippen molar-refractivity contribution >= 4 is 32.5 Å². The van der Waals surface area contributed by atoms with Gasteiger partial charge in [0.15, 0.2) is 5.52 Å². The van der Waals surface area contributed by atoms with Crippen molar-refractivity contribution in [2.24, 2.45) is 0 Å². The van der Waals surface area contributed by atoms with Crippen LogP contribution >= 0.6 is 9.24 Å². The second-order valence-corrected chi connectivity index (χ2v) is 5.27. The van der Waals surface area contributed by atoms with Gasteiger partial charge in [-0.05, 0) is 26.7 Å². The Balaban J connectivity index is 3.95. The molecule has 0 aromatic carbocycles. The highest BCUT2D eigenvalue weighted by Gasteiger charge is 2.18. The number of carbonyl (C=O) groups excluding carboxylic acids is 4. The number of hydrogen-bond donors (Lipinski definition) is 2. The maximum absolute atomic E-state index is 11.7. The van der Waals surface area contributed by atoms with E-state index < -0.39 is 18.0 Å². The average molecular weight is 318 g/mol. The molecule has 0 bridgehead atoms. The largest absolute Gasteiger partial charge is 0.469 e. The monoisotopic (exact) mass is 318 g/mol. The van der Waals surface area contributed by atoms with Crippen molar-refractivity contribution in [1.82, 2.24) is 10.6 Å². The smallest absolute Gasteiger partial charge is 0.305 e. The van der Waals surface area contributed by atoms with Crippen molar-refractivity contribution in [3.8, 4) is 0 Å². The van der Waals surface area contributed by atoms with E-state index >= 15 is 0 Å². The van der Waals surface area contributed by atoms with Gasteiger partial charge in [0.2, 0.25) is 11.8 Å². The summed E-state index contributed by atoms with van der Waals surface area (Å²) in [5.41, 5.74) is -0.232. The third kappa shape index (κ3) is 9.13. The topological polar surface area (TPSA) is 102 Å². The number of esters is 1. The first kappa shape index (κ1) is 19.5. The van der Waals surface area contributed by atoms with E-state index in [1.54, 1.807) is 13.8 Å². The summed E-state index contributed by atoms with van der Waals surface area (Å²) in [5.74, 6) is -0.993. The minimum atomic E-state index is -0.718. The average Bonchev–Trinajstić information content (AvgIpc) is 2.42. The maximum atomic E-state index is 11.7. The van der Waals surface area contributed by atoms with E-state index in [9.17, 15) is 19.2 Å². The van der Waals surface area contributed by atoms with E-state index in [4.69, 9.17) is 0 Å². The summed E-state index contributed by atoms with van der Waals surface area (Å²) in [6, 6.07) is -1.33. The molecule has 0 aromatic rings. The Kier molecular flexibility index (Phi) is 9.54. The molecule has 2 N–H and O–H groups in total. The highest BCUT2D eigenvalue weighted by Crippen LogP contribution is 2.01. The third-order valence-corrected chi connectivity index (χ3v) is 3.32. The highest BCUT2D eigenvalue weighted by atomic mass is 31.0. The summed E-state index contributed by atoms with van der Waals surface area (Å²) >= 11 is 0. The fraction of sp³-hybridized carbons (Fsp3) is 0.692. The molecular weight excluding hydrogens is 295 g/mol. The number of carbonyl (C=O) groups is 4. The van der Waals surface area contributed by atoms with Crippen LogP contribution in [0, 0.1) is 0 Å². The minimum absolute atomic E-state index is 0.229. The van der Waals surface area contributed by atoms with Crippen molar-refractivity contribution in [2.75, 3.05) is 7.11 Å². The fourth-order valence-electron chi connectivity index (χ4n) is 1.45. The molecule has 0 saturated carbocycles. The number of unbranched alkanes of at least 4 members (excludes halogenated alkanes) is 1. The molecule has 8 heteroatoms. The lowest BCUT2D eigenvalue weighted by atomic mass is 10.2. The van der Waals surface area contributed by atoms with Gasteiger partial charge in [-0.1, -0.05) is 9.24 Å². The summed E-state index contributed by atoms with van der Waals surface area (Å²) in [7, 11) is 3.31. The van der Waals surface area contributed by atoms with Crippen LogP contribution in [0.1, 0.15) is 39.5 Å². The van der Waals surface area contributed by atoms with Crippen molar-refractivity contribution in [2.45, 2.75) is 51.6 Å². The molecule has 3 atom stereocenters. The molecular formula is C13H23N2O5P. The quantitative estimate of drug-likeness (QED) is 0.357. The highest BCUT2D eigenvalue weighted by molar-refractivity contribution is 7.40. The second-order valence-electron chi connectivity index (χ2n) is 4.71. The molecule has 0 heterocycles. The van der Waals surface area contributed by atoms with Crippen molar-refractivity contribution in [3.05, 3.63) is 0 Å². The molecule has 0 rings (SSSR count). The Morgan fingerprint density at radius 2 is 1.57 bits per heavy atom. The molecule has 0 saturated heterocycles. The molecule has 120 valence electrons. The van der Waals surface area contributed by atoms with Gasteiger partial charge in [0.05, 0.1) is 13.2 Å². The molecule has 0 aliphatic heterocycles. The number of hydrogen-bond acceptors (Lipinski definition) is 5. The van der Waals surface area contributed by atoms with Crippen LogP contribution in [-0.4, -0.2) is 42.5 Å². The Bertz CT molecular complexity index is 400. The first-order valence-electron chi connectivity index (χ1n) is 6.73. The molecule has 0 radical (unpaired) electrons. The number of nitrogens with one attached hydrogen (secondary N) is 2. The number of rotatable bonds is 9. The van der Waals surface area contributed by atoms with E-state index in [2.05, 4.69) is 15.4 Å². The lowest BCUT2D eigenvalue weighted by Gasteiger charge is -2.16. The van der Waals surface area contributed by atoms with Gasteiger partial charge < -0.3 is 15.4 Å². The van der Waals surface area contributed by atoms with E-state index in [-0.39, 0.29) is 30.2 Å². The van der Waals surface area contributed by atoms with Crippen molar-refractivity contribution < 1.29 is 23.9 Å². The SMILES string of the molecule is COC(=O)CCCCC(=O)N[C@@H](C)C(=O)N[C@@H](C)C(=O)P. The summed E-state index contributed by atoms with van der Waals surface area (Å²) < 4.78 is 4.49. The first-order valence-corrected chi connectivity index (χ1v) is 7.31. The summed E-state index contributed by atoms with van der Waals surface area (Å²) in [4.78, 5) is 45.2. The lowest BCUT2D eigenvalue weighted by molar-refractivity contribution is -0.140. The zero-order valence-corrected chi connectivity index (χ0v) is 13.8. The molecule has 0 aliphatic carbocycles. The molecule has 21 heavy (non-hydrogen) atoms. The zero-order chi connectivity index (χ0) is 16.4. The Hall–Kier alpha value is -1.49. The molecule has 2 amide bonds. The van der Waals surface area contributed by atoms with Crippen LogP contribution in [0.3, 0.4) is 0 Å². The molecule has 0 spiro atoms. The van der Waals surface area contributed by atoms with Gasteiger partial charge in [-0.15, -0.1) is 0 Å². The number of amides is 2. The van der Waals surface area contributed by atoms with Crippen LogP contribution in [-0.2, 0) is 23.9 Å². The van der Waals surface area contributed by atoms with Crippen molar-refractivity contribution in [1.29, 1.82) is 0 Å². The standard InChI is InChI=1S/C13H23N2O5P/c1-8(12(18)15-9(2)13(19)21)14-10(16)6-4-5-7-11(17)20-3/h8-9H,4-7,21H2,1-3H3,(H,14,16)(H,15,18)/t8-,9-/m0/s1. The predicted octanol–water partition coefficient (Wildman–Crippen LogP) is 0.131. The normalized spacial score (nSPS) is 13.0. The zero-order valence-electron chi connectivity index (χ0n) is 12.6. The van der Waals surface area contributed by atoms with Crippen LogP contribution in [0.25, 0.3) is 0 Å². The van der Waals surface area contributed by atoms with Gasteiger partial charge in [0.25, 0.3) is 0 Å². The van der Waals surface area contributed by atoms with Gasteiger partial charge in [-0.25, -0.2) is 0 Å². The lowest BCUT2D eigenvalue weighted by Crippen LogP contribution is -2.48. The van der Waals surface area contributed by atoms with Crippen LogP contribution in [0.4, 0.5) is 0 Å². The molecule has 7 nitrogen and oxygen atoms in total. The number of ether oxygens (including phenoxy) is 1. The molecule has 0 aromatic heterocycles. The molecule has 1 unspecified atom stereocenters. The Labute approximate surface area is 126 Å².